The van der Waals surface area contributed by atoms with Gasteiger partial charge in [-0.25, -0.2) is 13.6 Å². The maximum absolute atomic E-state index is 13.8. The van der Waals surface area contributed by atoms with E-state index in [9.17, 15) is 33.7 Å². The Hall–Kier alpha value is -3.47. The molecule has 0 spiro atoms. The Morgan fingerprint density at radius 3 is 2.77 bits per heavy atom. The van der Waals surface area contributed by atoms with Crippen LogP contribution in [0.25, 0.3) is 10.8 Å². The zero-order valence-electron chi connectivity index (χ0n) is 22.5. The van der Waals surface area contributed by atoms with Gasteiger partial charge in [-0.2, -0.15) is 5.26 Å². The molecule has 3 heterocycles. The lowest BCUT2D eigenvalue weighted by atomic mass is 9.80. The SMILES string of the molecule is CC(C)(C=C(C#N)C(=O)N1CCC[C@@H]1COC(=O)NC(CB(O)O)c1occ2ccccc12)N1CCC(F)(F)C1. The van der Waals surface area contributed by atoms with Crippen molar-refractivity contribution in [2.75, 3.05) is 26.2 Å². The normalized spacial score (nSPS) is 20.4. The number of amides is 2. The third-order valence-electron chi connectivity index (χ3n) is 7.47. The average Bonchev–Trinajstić information content (AvgIpc) is 3.63. The first-order valence-electron chi connectivity index (χ1n) is 13.2. The van der Waals surface area contributed by atoms with Gasteiger partial charge in [-0.3, -0.25) is 9.69 Å². The molecule has 0 saturated carbocycles. The molecule has 0 bridgehead atoms. The summed E-state index contributed by atoms with van der Waals surface area (Å²) in [7, 11) is -1.72. The number of ether oxygens (including phenoxy) is 1. The zero-order chi connectivity index (χ0) is 29.1. The molecule has 4 rings (SSSR count). The smallest absolute Gasteiger partial charge is 0.454 e. The van der Waals surface area contributed by atoms with Gasteiger partial charge >= 0.3 is 13.2 Å². The summed E-state index contributed by atoms with van der Waals surface area (Å²) >= 11 is 0. The second-order valence-electron chi connectivity index (χ2n) is 10.8. The van der Waals surface area contributed by atoms with Gasteiger partial charge < -0.3 is 29.4 Å². The Morgan fingerprint density at radius 1 is 1.35 bits per heavy atom. The lowest BCUT2D eigenvalue weighted by Gasteiger charge is -2.33. The van der Waals surface area contributed by atoms with Crippen LogP contribution in [0.1, 0.15) is 44.9 Å². The van der Waals surface area contributed by atoms with Crippen LogP contribution < -0.4 is 5.32 Å². The molecule has 13 heteroatoms. The minimum atomic E-state index is -2.81. The molecule has 2 amide bonds. The van der Waals surface area contributed by atoms with E-state index in [2.05, 4.69) is 5.32 Å². The van der Waals surface area contributed by atoms with Crippen LogP contribution >= 0.6 is 0 Å². The van der Waals surface area contributed by atoms with Crippen molar-refractivity contribution in [3.63, 3.8) is 0 Å². The Balaban J connectivity index is 1.40. The van der Waals surface area contributed by atoms with Gasteiger partial charge in [-0.15, -0.1) is 0 Å². The van der Waals surface area contributed by atoms with Crippen molar-refractivity contribution < 1.29 is 37.6 Å². The van der Waals surface area contributed by atoms with E-state index in [4.69, 9.17) is 9.15 Å². The van der Waals surface area contributed by atoms with E-state index >= 15 is 0 Å². The third-order valence-corrected chi connectivity index (χ3v) is 7.47. The quantitative estimate of drug-likeness (QED) is 0.242. The van der Waals surface area contributed by atoms with E-state index in [0.29, 0.717) is 30.5 Å². The molecule has 40 heavy (non-hydrogen) atoms. The van der Waals surface area contributed by atoms with Crippen LogP contribution in [-0.2, 0) is 9.53 Å². The zero-order valence-corrected chi connectivity index (χ0v) is 22.5. The van der Waals surface area contributed by atoms with Crippen LogP contribution in [0.3, 0.4) is 0 Å². The van der Waals surface area contributed by atoms with E-state index in [1.54, 1.807) is 30.9 Å². The van der Waals surface area contributed by atoms with Crippen LogP contribution in [0.4, 0.5) is 13.6 Å². The fourth-order valence-corrected chi connectivity index (χ4v) is 5.33. The highest BCUT2D eigenvalue weighted by molar-refractivity contribution is 6.41. The van der Waals surface area contributed by atoms with Crippen molar-refractivity contribution >= 4 is 29.9 Å². The maximum atomic E-state index is 13.8. The van der Waals surface area contributed by atoms with Crippen molar-refractivity contribution in [2.45, 2.75) is 63.0 Å². The number of hydrogen-bond donors (Lipinski definition) is 3. The molecule has 1 aromatic heterocycles. The van der Waals surface area contributed by atoms with Gasteiger partial charge in [0.2, 0.25) is 0 Å². The molecular weight excluding hydrogens is 525 g/mol. The van der Waals surface area contributed by atoms with Crippen molar-refractivity contribution in [3.8, 4) is 6.07 Å². The topological polar surface area (TPSA) is 139 Å². The molecule has 0 radical (unpaired) electrons. The van der Waals surface area contributed by atoms with Crippen LogP contribution in [-0.4, -0.2) is 82.7 Å². The lowest BCUT2D eigenvalue weighted by molar-refractivity contribution is -0.128. The van der Waals surface area contributed by atoms with Gasteiger partial charge in [-0.1, -0.05) is 24.3 Å². The molecule has 1 aromatic carbocycles. The van der Waals surface area contributed by atoms with Crippen molar-refractivity contribution in [2.24, 2.45) is 0 Å². The fourth-order valence-electron chi connectivity index (χ4n) is 5.33. The number of nitriles is 1. The first-order valence-corrected chi connectivity index (χ1v) is 13.2. The number of carbonyl (C=O) groups excluding carboxylic acids is 2. The van der Waals surface area contributed by atoms with Crippen molar-refractivity contribution in [1.29, 1.82) is 5.26 Å². The van der Waals surface area contributed by atoms with E-state index in [1.165, 1.54) is 17.2 Å². The minimum Gasteiger partial charge on any atom is -0.466 e. The number of hydrogen-bond acceptors (Lipinski definition) is 8. The van der Waals surface area contributed by atoms with E-state index in [0.717, 1.165) is 5.39 Å². The van der Waals surface area contributed by atoms with Crippen LogP contribution in [0.5, 0.6) is 0 Å². The average molecular weight is 558 g/mol. The van der Waals surface area contributed by atoms with Gasteiger partial charge in [-0.05, 0) is 32.8 Å². The second-order valence-corrected chi connectivity index (χ2v) is 10.8. The fraction of sp³-hybridized carbons (Fsp3) is 0.519. The first-order chi connectivity index (χ1) is 18.9. The molecular formula is C27H33BF2N4O6. The third kappa shape index (κ3) is 6.81. The number of fused-ring (bicyclic) bond motifs is 1. The summed E-state index contributed by atoms with van der Waals surface area (Å²) in [6.07, 6.45) is 2.77. The molecule has 3 N–H and O–H groups in total. The summed E-state index contributed by atoms with van der Waals surface area (Å²) in [5, 5.41) is 32.9. The van der Waals surface area contributed by atoms with Gasteiger partial charge in [0.1, 0.15) is 24.0 Å². The molecule has 2 saturated heterocycles. The standard InChI is InChI=1S/C27H33BF2N4O6/c1-26(2,33-11-9-27(29,30)17-33)12-19(14-31)24(35)34-10-5-7-20(34)16-40-25(36)32-22(13-28(37)38)23-21-8-4-3-6-18(21)15-39-23/h3-4,6,8,12,15,20,22,37-38H,5,7,9-11,13,16-17H2,1-2H3,(H,32,36)/t20-,22?/m1/s1. The predicted octanol–water partition coefficient (Wildman–Crippen LogP) is 3.23. The highest BCUT2D eigenvalue weighted by Crippen LogP contribution is 2.33. The number of benzene rings is 1. The summed E-state index contributed by atoms with van der Waals surface area (Å²) in [5.41, 5.74) is -1.09. The summed E-state index contributed by atoms with van der Waals surface area (Å²) in [4.78, 5) is 29.0. The Bertz CT molecular complexity index is 1310. The number of rotatable bonds is 9. The number of furan rings is 1. The molecule has 2 fully saturated rings. The number of carbonyl (C=O) groups is 2. The van der Waals surface area contributed by atoms with Gasteiger partial charge in [0.25, 0.3) is 11.8 Å². The predicted molar refractivity (Wildman–Crippen MR) is 142 cm³/mol. The summed E-state index contributed by atoms with van der Waals surface area (Å²) in [6.45, 7) is 3.30. The van der Waals surface area contributed by atoms with Gasteiger partial charge in [0.05, 0.1) is 24.9 Å². The molecule has 214 valence electrons. The Labute approximate surface area is 231 Å². The number of nitrogens with one attached hydrogen (secondary N) is 1. The molecule has 0 aliphatic carbocycles. The first kappa shape index (κ1) is 29.5. The highest BCUT2D eigenvalue weighted by atomic mass is 19.3. The monoisotopic (exact) mass is 558 g/mol. The number of alkyl carbamates (subject to hydrolysis) is 1. The van der Waals surface area contributed by atoms with Crippen LogP contribution in [0.15, 0.2) is 46.6 Å². The van der Waals surface area contributed by atoms with Gasteiger partial charge in [0.15, 0.2) is 0 Å². The number of halogens is 2. The Kier molecular flexibility index (Phi) is 8.82. The number of nitrogens with zero attached hydrogens (tertiary/aromatic N) is 3. The highest BCUT2D eigenvalue weighted by Gasteiger charge is 2.43. The van der Waals surface area contributed by atoms with Gasteiger partial charge in [0, 0.05) is 42.1 Å². The number of alkyl halides is 2. The summed E-state index contributed by atoms with van der Waals surface area (Å²) < 4.78 is 38.5. The molecule has 2 aliphatic rings. The summed E-state index contributed by atoms with van der Waals surface area (Å²) in [6, 6.07) is 7.78. The van der Waals surface area contributed by atoms with E-state index in [1.807, 2.05) is 18.2 Å². The van der Waals surface area contributed by atoms with E-state index in [-0.39, 0.29) is 31.5 Å². The molecule has 1 unspecified atom stereocenters. The van der Waals surface area contributed by atoms with Crippen LogP contribution in [0.2, 0.25) is 6.32 Å². The minimum absolute atomic E-state index is 0.147. The second kappa shape index (κ2) is 12.0. The van der Waals surface area contributed by atoms with Crippen LogP contribution in [0, 0.1) is 11.3 Å². The maximum Gasteiger partial charge on any atom is 0.454 e. The largest absolute Gasteiger partial charge is 0.466 e. The van der Waals surface area contributed by atoms with Crippen molar-refractivity contribution in [3.05, 3.63) is 47.9 Å². The summed E-state index contributed by atoms with van der Waals surface area (Å²) in [5.74, 6) is -3.00. The molecule has 2 atom stereocenters. The molecule has 2 aromatic rings. The molecule has 10 nitrogen and oxygen atoms in total. The lowest BCUT2D eigenvalue weighted by Crippen LogP contribution is -2.44. The number of likely N-dealkylation sites (tertiary alicyclic amines) is 2. The van der Waals surface area contributed by atoms with Crippen molar-refractivity contribution in [1.82, 2.24) is 15.1 Å². The van der Waals surface area contributed by atoms with E-state index < -0.39 is 49.2 Å². The molecule has 2 aliphatic heterocycles. The Morgan fingerprint density at radius 2 is 2.10 bits per heavy atom.